The number of aryl methyl sites for hydroxylation is 1. The number of thioether (sulfide) groups is 1. The van der Waals surface area contributed by atoms with Crippen LogP contribution in [0.3, 0.4) is 0 Å². The van der Waals surface area contributed by atoms with Crippen LogP contribution in [-0.2, 0) is 9.59 Å². The molecule has 1 saturated heterocycles. The monoisotopic (exact) mass is 351 g/mol. The van der Waals surface area contributed by atoms with E-state index in [9.17, 15) is 24.8 Å². The van der Waals surface area contributed by atoms with Crippen LogP contribution in [0.4, 0.5) is 5.69 Å². The summed E-state index contributed by atoms with van der Waals surface area (Å²) in [7, 11) is 0. The normalized spacial score (nSPS) is 16.2. The maximum Gasteiger partial charge on any atom is 0.272 e. The number of amides is 1. The number of nitrogens with zero attached hydrogens (tertiary/aromatic N) is 2. The summed E-state index contributed by atoms with van der Waals surface area (Å²) in [4.78, 5) is 34.7. The van der Waals surface area contributed by atoms with Crippen LogP contribution in [0.2, 0.25) is 0 Å². The molecule has 7 nitrogen and oxygen atoms in total. The molecule has 1 aromatic rings. The van der Waals surface area contributed by atoms with E-state index in [1.54, 1.807) is 19.1 Å². The summed E-state index contributed by atoms with van der Waals surface area (Å²) in [6, 6.07) is 4.64. The third-order valence-corrected chi connectivity index (χ3v) is 4.52. The second-order valence-electron chi connectivity index (χ2n) is 4.76. The molecule has 1 heterocycles. The maximum atomic E-state index is 12.2. The molecule has 23 heavy (non-hydrogen) atoms. The quantitative estimate of drug-likeness (QED) is 0.340. The van der Waals surface area contributed by atoms with Crippen LogP contribution in [0, 0.1) is 17.0 Å². The van der Waals surface area contributed by atoms with E-state index in [1.807, 2.05) is 0 Å². The molecule has 0 atom stereocenters. The molecule has 1 amide bonds. The lowest BCUT2D eigenvalue weighted by atomic mass is 10.1. The first-order chi connectivity index (χ1) is 10.8. The minimum absolute atomic E-state index is 0.0359. The Hall–Kier alpha value is -2.26. The summed E-state index contributed by atoms with van der Waals surface area (Å²) in [6.07, 6.45) is 1.19. The van der Waals surface area contributed by atoms with Crippen LogP contribution >= 0.6 is 24.0 Å². The van der Waals surface area contributed by atoms with Crippen LogP contribution in [-0.4, -0.2) is 32.6 Å². The molecule has 0 unspecified atom stereocenters. The van der Waals surface area contributed by atoms with Crippen molar-refractivity contribution in [3.05, 3.63) is 44.3 Å². The molecule has 0 bridgehead atoms. The largest absolute Gasteiger partial charge is 0.550 e. The number of thiocarbonyl (C=S) groups is 1. The van der Waals surface area contributed by atoms with Crippen LogP contribution in [0.25, 0.3) is 6.08 Å². The summed E-state index contributed by atoms with van der Waals surface area (Å²) >= 11 is 6.09. The lowest BCUT2D eigenvalue weighted by molar-refractivity contribution is -0.385. The molecule has 0 N–H and O–H groups in total. The van der Waals surface area contributed by atoms with Gasteiger partial charge in [0, 0.05) is 30.6 Å². The van der Waals surface area contributed by atoms with E-state index in [0.29, 0.717) is 16.0 Å². The predicted octanol–water partition coefficient (Wildman–Crippen LogP) is 1.24. The number of aliphatic carboxylic acids is 1. The van der Waals surface area contributed by atoms with Crippen LogP contribution in [0.5, 0.6) is 0 Å². The van der Waals surface area contributed by atoms with E-state index in [-0.39, 0.29) is 23.0 Å². The zero-order valence-corrected chi connectivity index (χ0v) is 13.6. The average Bonchev–Trinajstić information content (AvgIpc) is 2.73. The molecule has 0 spiro atoms. The molecular formula is C14H11N2O5S2-. The highest BCUT2D eigenvalue weighted by Gasteiger charge is 2.31. The first-order valence-corrected chi connectivity index (χ1v) is 7.72. The summed E-state index contributed by atoms with van der Waals surface area (Å²) < 4.78 is 0.254. The Morgan fingerprint density at radius 1 is 1.48 bits per heavy atom. The Balaban J connectivity index is 2.25. The molecule has 0 aromatic heterocycles. The number of carbonyl (C=O) groups excluding carboxylic acids is 2. The number of carboxylic acid groups (broad SMARTS) is 1. The number of nitro benzene ring substituents is 1. The summed E-state index contributed by atoms with van der Waals surface area (Å²) in [5, 5.41) is 21.4. The van der Waals surface area contributed by atoms with Gasteiger partial charge in [-0.15, -0.1) is 0 Å². The van der Waals surface area contributed by atoms with Gasteiger partial charge >= 0.3 is 0 Å². The van der Waals surface area contributed by atoms with Crippen molar-refractivity contribution in [1.29, 1.82) is 0 Å². The first kappa shape index (κ1) is 17.1. The fourth-order valence-electron chi connectivity index (χ4n) is 1.96. The van der Waals surface area contributed by atoms with Gasteiger partial charge < -0.3 is 9.90 Å². The van der Waals surface area contributed by atoms with Gasteiger partial charge in [-0.25, -0.2) is 0 Å². The molecule has 0 saturated carbocycles. The van der Waals surface area contributed by atoms with Crippen molar-refractivity contribution in [3.63, 3.8) is 0 Å². The molecule has 1 aromatic carbocycles. The Labute approximate surface area is 141 Å². The van der Waals surface area contributed by atoms with Gasteiger partial charge in [0.2, 0.25) is 0 Å². The average molecular weight is 351 g/mol. The van der Waals surface area contributed by atoms with Crippen molar-refractivity contribution in [3.8, 4) is 0 Å². The minimum Gasteiger partial charge on any atom is -0.550 e. The number of benzene rings is 1. The Kier molecular flexibility index (Phi) is 5.12. The van der Waals surface area contributed by atoms with Crippen molar-refractivity contribution in [2.24, 2.45) is 0 Å². The third kappa shape index (κ3) is 3.93. The van der Waals surface area contributed by atoms with Gasteiger partial charge in [-0.3, -0.25) is 19.8 Å². The molecule has 1 aliphatic heterocycles. The number of carboxylic acids is 1. The van der Waals surface area contributed by atoms with E-state index >= 15 is 0 Å². The molecule has 9 heteroatoms. The summed E-state index contributed by atoms with van der Waals surface area (Å²) in [6.45, 7) is 1.57. The van der Waals surface area contributed by atoms with E-state index in [1.165, 1.54) is 17.0 Å². The third-order valence-electron chi connectivity index (χ3n) is 3.14. The maximum absolute atomic E-state index is 12.2. The number of hydrogen-bond acceptors (Lipinski definition) is 7. The van der Waals surface area contributed by atoms with Gasteiger partial charge in [0.15, 0.2) is 0 Å². The van der Waals surface area contributed by atoms with E-state index in [0.717, 1.165) is 11.8 Å². The molecule has 1 fully saturated rings. The highest BCUT2D eigenvalue weighted by atomic mass is 32.2. The van der Waals surface area contributed by atoms with Gasteiger partial charge in [-0.05, 0) is 18.6 Å². The smallest absolute Gasteiger partial charge is 0.272 e. The van der Waals surface area contributed by atoms with Crippen molar-refractivity contribution in [1.82, 2.24) is 4.90 Å². The van der Waals surface area contributed by atoms with Crippen LogP contribution in [0.15, 0.2) is 23.1 Å². The van der Waals surface area contributed by atoms with Crippen LogP contribution in [0.1, 0.15) is 17.5 Å². The molecule has 2 rings (SSSR count). The van der Waals surface area contributed by atoms with Gasteiger partial charge in [0.05, 0.1) is 9.83 Å². The minimum atomic E-state index is -1.27. The lowest BCUT2D eigenvalue weighted by Crippen LogP contribution is -2.33. The second kappa shape index (κ2) is 6.88. The first-order valence-electron chi connectivity index (χ1n) is 6.50. The zero-order chi connectivity index (χ0) is 17.1. The fraction of sp³-hybridized carbons (Fsp3) is 0.214. The van der Waals surface area contributed by atoms with Crippen molar-refractivity contribution in [2.45, 2.75) is 13.3 Å². The van der Waals surface area contributed by atoms with E-state index < -0.39 is 16.8 Å². The topological polar surface area (TPSA) is 104 Å². The second-order valence-corrected chi connectivity index (χ2v) is 6.43. The number of nitro groups is 1. The van der Waals surface area contributed by atoms with Crippen molar-refractivity contribution >= 4 is 51.9 Å². The highest BCUT2D eigenvalue weighted by molar-refractivity contribution is 8.26. The SMILES string of the molecule is Cc1ccc(/C=C2/SC(=S)N(CCC(=O)[O-])C2=O)cc1[N+](=O)[O-]. The van der Waals surface area contributed by atoms with E-state index in [4.69, 9.17) is 12.2 Å². The van der Waals surface area contributed by atoms with Gasteiger partial charge in [-0.2, -0.15) is 0 Å². The number of hydrogen-bond donors (Lipinski definition) is 0. The highest BCUT2D eigenvalue weighted by Crippen LogP contribution is 2.33. The van der Waals surface area contributed by atoms with E-state index in [2.05, 4.69) is 0 Å². The van der Waals surface area contributed by atoms with Crippen molar-refractivity contribution in [2.75, 3.05) is 6.54 Å². The Morgan fingerprint density at radius 2 is 2.17 bits per heavy atom. The molecular weight excluding hydrogens is 340 g/mol. The molecule has 120 valence electrons. The predicted molar refractivity (Wildman–Crippen MR) is 87.3 cm³/mol. The summed E-state index contributed by atoms with van der Waals surface area (Å²) in [5.74, 6) is -1.68. The Bertz CT molecular complexity index is 745. The van der Waals surface area contributed by atoms with Crippen LogP contribution < -0.4 is 5.11 Å². The van der Waals surface area contributed by atoms with Crippen molar-refractivity contribution < 1.29 is 19.6 Å². The lowest BCUT2D eigenvalue weighted by Gasteiger charge is -2.14. The fourth-order valence-corrected chi connectivity index (χ4v) is 3.27. The summed E-state index contributed by atoms with van der Waals surface area (Å²) in [5.41, 5.74) is 0.988. The van der Waals surface area contributed by atoms with Gasteiger partial charge in [-0.1, -0.05) is 36.1 Å². The zero-order valence-electron chi connectivity index (χ0n) is 12.0. The van der Waals surface area contributed by atoms with Gasteiger partial charge in [0.25, 0.3) is 11.6 Å². The molecule has 1 aliphatic rings. The Morgan fingerprint density at radius 3 is 2.78 bits per heavy atom. The molecule has 0 radical (unpaired) electrons. The standard InChI is InChI=1S/C14H12N2O5S2/c1-8-2-3-9(6-10(8)16(20)21)7-11-13(19)15(14(22)23-11)5-4-12(17)18/h2-3,6-7H,4-5H2,1H3,(H,17,18)/p-1/b11-7+. The number of rotatable bonds is 5. The number of carbonyl (C=O) groups is 2. The van der Waals surface area contributed by atoms with Gasteiger partial charge in [0.1, 0.15) is 4.32 Å². The molecule has 0 aliphatic carbocycles.